The van der Waals surface area contributed by atoms with Gasteiger partial charge in [-0.15, -0.1) is 0 Å². The van der Waals surface area contributed by atoms with Crippen LogP contribution in [-0.2, 0) is 10.8 Å². The zero-order valence-electron chi connectivity index (χ0n) is 12.9. The van der Waals surface area contributed by atoms with Crippen LogP contribution < -0.4 is 5.32 Å². The van der Waals surface area contributed by atoms with Crippen LogP contribution in [0, 0.1) is 0 Å². The second-order valence-corrected chi connectivity index (χ2v) is 7.68. The molecule has 0 bridgehead atoms. The highest BCUT2D eigenvalue weighted by Gasteiger charge is 2.29. The molecule has 20 heavy (non-hydrogen) atoms. The molecule has 0 aliphatic heterocycles. The molecule has 0 amide bonds. The highest BCUT2D eigenvalue weighted by atomic mass is 32.2. The summed E-state index contributed by atoms with van der Waals surface area (Å²) in [5.41, 5.74) is 1.32. The highest BCUT2D eigenvalue weighted by Crippen LogP contribution is 2.27. The molecule has 1 aromatic carbocycles. The third-order valence-corrected chi connectivity index (χ3v) is 6.07. The fourth-order valence-corrected chi connectivity index (χ4v) is 4.68. The molecular formula is C17H27NOS. The molecule has 1 fully saturated rings. The molecule has 0 aromatic heterocycles. The second kappa shape index (κ2) is 7.37. The van der Waals surface area contributed by atoms with Crippen molar-refractivity contribution >= 4 is 10.8 Å². The van der Waals surface area contributed by atoms with E-state index in [1.165, 1.54) is 18.4 Å². The summed E-state index contributed by atoms with van der Waals surface area (Å²) in [5, 5.41) is 3.79. The Morgan fingerprint density at radius 1 is 1.20 bits per heavy atom. The van der Waals surface area contributed by atoms with E-state index in [0.29, 0.717) is 12.0 Å². The first-order chi connectivity index (χ1) is 9.63. The van der Waals surface area contributed by atoms with Gasteiger partial charge in [0.05, 0.1) is 16.0 Å². The summed E-state index contributed by atoms with van der Waals surface area (Å²) < 4.78 is 12.8. The van der Waals surface area contributed by atoms with Crippen LogP contribution in [0.25, 0.3) is 0 Å². The summed E-state index contributed by atoms with van der Waals surface area (Å²) in [5.74, 6) is 0.529. The molecule has 1 aliphatic carbocycles. The van der Waals surface area contributed by atoms with Gasteiger partial charge in [0, 0.05) is 10.9 Å². The standard InChI is InChI=1S/C17H27NOS/c1-4-18-16-7-5-6-8-17(16)20(19)15-11-9-14(10-12-15)13(2)3/h9-13,16-18H,4-8H2,1-3H3. The van der Waals surface area contributed by atoms with E-state index in [1.54, 1.807) is 0 Å². The number of hydrogen-bond donors (Lipinski definition) is 1. The molecule has 0 spiro atoms. The fraction of sp³-hybridized carbons (Fsp3) is 0.647. The minimum atomic E-state index is -0.885. The number of rotatable bonds is 5. The Balaban J connectivity index is 2.12. The van der Waals surface area contributed by atoms with Gasteiger partial charge < -0.3 is 5.32 Å². The minimum absolute atomic E-state index is 0.272. The predicted molar refractivity (Wildman–Crippen MR) is 86.7 cm³/mol. The Hall–Kier alpha value is -0.670. The van der Waals surface area contributed by atoms with Crippen molar-refractivity contribution in [1.29, 1.82) is 0 Å². The molecular weight excluding hydrogens is 266 g/mol. The molecule has 0 radical (unpaired) electrons. The van der Waals surface area contributed by atoms with Crippen LogP contribution in [0.3, 0.4) is 0 Å². The van der Waals surface area contributed by atoms with Crippen molar-refractivity contribution in [2.75, 3.05) is 6.54 Å². The Morgan fingerprint density at radius 2 is 1.85 bits per heavy atom. The van der Waals surface area contributed by atoms with Crippen LogP contribution in [0.15, 0.2) is 29.2 Å². The van der Waals surface area contributed by atoms with Gasteiger partial charge in [-0.2, -0.15) is 0 Å². The third kappa shape index (κ3) is 3.70. The number of benzene rings is 1. The van der Waals surface area contributed by atoms with E-state index < -0.39 is 10.8 Å². The largest absolute Gasteiger partial charge is 0.313 e. The number of hydrogen-bond acceptors (Lipinski definition) is 2. The molecule has 2 nitrogen and oxygen atoms in total. The summed E-state index contributed by atoms with van der Waals surface area (Å²) in [6.45, 7) is 7.47. The van der Waals surface area contributed by atoms with E-state index in [0.717, 1.165) is 24.3 Å². The van der Waals surface area contributed by atoms with E-state index in [-0.39, 0.29) is 5.25 Å². The third-order valence-electron chi connectivity index (χ3n) is 4.22. The van der Waals surface area contributed by atoms with E-state index >= 15 is 0 Å². The zero-order valence-corrected chi connectivity index (χ0v) is 13.7. The molecule has 1 N–H and O–H groups in total. The lowest BCUT2D eigenvalue weighted by Crippen LogP contribution is -2.44. The van der Waals surface area contributed by atoms with Crippen molar-refractivity contribution in [3.8, 4) is 0 Å². The second-order valence-electron chi connectivity index (χ2n) is 6.01. The molecule has 112 valence electrons. The van der Waals surface area contributed by atoms with Gasteiger partial charge in [-0.05, 0) is 43.0 Å². The van der Waals surface area contributed by atoms with Gasteiger partial charge in [0.15, 0.2) is 0 Å². The molecule has 3 unspecified atom stereocenters. The molecule has 1 aliphatic rings. The summed E-state index contributed by atoms with van der Waals surface area (Å²) in [6, 6.07) is 8.79. The van der Waals surface area contributed by atoms with Gasteiger partial charge in [-0.25, -0.2) is 0 Å². The van der Waals surface area contributed by atoms with Gasteiger partial charge >= 0.3 is 0 Å². The highest BCUT2D eigenvalue weighted by molar-refractivity contribution is 7.85. The molecule has 3 atom stereocenters. The van der Waals surface area contributed by atoms with Gasteiger partial charge in [-0.3, -0.25) is 4.21 Å². The molecule has 0 saturated heterocycles. The Labute approximate surface area is 125 Å². The lowest BCUT2D eigenvalue weighted by atomic mass is 9.95. The zero-order chi connectivity index (χ0) is 14.5. The number of nitrogens with one attached hydrogen (secondary N) is 1. The van der Waals surface area contributed by atoms with Crippen LogP contribution >= 0.6 is 0 Å². The van der Waals surface area contributed by atoms with Crippen molar-refractivity contribution in [2.45, 2.75) is 68.6 Å². The maximum absolute atomic E-state index is 12.8. The first kappa shape index (κ1) is 15.7. The molecule has 2 rings (SSSR count). The Morgan fingerprint density at radius 3 is 2.45 bits per heavy atom. The fourth-order valence-electron chi connectivity index (χ4n) is 3.01. The van der Waals surface area contributed by atoms with Crippen LogP contribution in [-0.4, -0.2) is 22.0 Å². The molecule has 1 saturated carbocycles. The van der Waals surface area contributed by atoms with Gasteiger partial charge in [0.1, 0.15) is 0 Å². The molecule has 3 heteroatoms. The van der Waals surface area contributed by atoms with Gasteiger partial charge in [0.25, 0.3) is 0 Å². The van der Waals surface area contributed by atoms with Crippen LogP contribution in [0.2, 0.25) is 0 Å². The van der Waals surface area contributed by atoms with Crippen molar-refractivity contribution in [3.63, 3.8) is 0 Å². The van der Waals surface area contributed by atoms with Crippen molar-refractivity contribution in [3.05, 3.63) is 29.8 Å². The van der Waals surface area contributed by atoms with E-state index in [9.17, 15) is 4.21 Å². The topological polar surface area (TPSA) is 29.1 Å². The predicted octanol–water partition coefficient (Wildman–Crippen LogP) is 3.84. The van der Waals surface area contributed by atoms with E-state index in [2.05, 4.69) is 50.4 Å². The van der Waals surface area contributed by atoms with E-state index in [4.69, 9.17) is 0 Å². The lowest BCUT2D eigenvalue weighted by molar-refractivity contribution is 0.385. The lowest BCUT2D eigenvalue weighted by Gasteiger charge is -2.31. The Kier molecular flexibility index (Phi) is 5.79. The van der Waals surface area contributed by atoms with E-state index in [1.807, 2.05) is 0 Å². The van der Waals surface area contributed by atoms with Crippen LogP contribution in [0.1, 0.15) is 57.9 Å². The first-order valence-corrected chi connectivity index (χ1v) is 9.08. The average Bonchev–Trinajstić information content (AvgIpc) is 2.47. The Bertz CT molecular complexity index is 439. The smallest absolute Gasteiger partial charge is 0.0576 e. The normalized spacial score (nSPS) is 24.8. The van der Waals surface area contributed by atoms with Gasteiger partial charge in [-0.1, -0.05) is 45.7 Å². The summed E-state index contributed by atoms with van der Waals surface area (Å²) in [4.78, 5) is 0.990. The van der Waals surface area contributed by atoms with Crippen molar-refractivity contribution in [2.24, 2.45) is 0 Å². The summed E-state index contributed by atoms with van der Waals surface area (Å²) in [7, 11) is -0.885. The molecule has 0 heterocycles. The van der Waals surface area contributed by atoms with Crippen molar-refractivity contribution < 1.29 is 4.21 Å². The van der Waals surface area contributed by atoms with Gasteiger partial charge in [0.2, 0.25) is 0 Å². The van der Waals surface area contributed by atoms with Crippen LogP contribution in [0.5, 0.6) is 0 Å². The quantitative estimate of drug-likeness (QED) is 0.893. The van der Waals surface area contributed by atoms with Crippen LogP contribution in [0.4, 0.5) is 0 Å². The average molecular weight is 293 g/mol. The maximum atomic E-state index is 12.8. The minimum Gasteiger partial charge on any atom is -0.313 e. The summed E-state index contributed by atoms with van der Waals surface area (Å²) >= 11 is 0. The monoisotopic (exact) mass is 293 g/mol. The first-order valence-electron chi connectivity index (χ1n) is 7.87. The molecule has 1 aromatic rings. The SMILES string of the molecule is CCNC1CCCCC1S(=O)c1ccc(C(C)C)cc1. The maximum Gasteiger partial charge on any atom is 0.0576 e. The summed E-state index contributed by atoms with van der Waals surface area (Å²) in [6.07, 6.45) is 4.71. The van der Waals surface area contributed by atoms with Crippen molar-refractivity contribution in [1.82, 2.24) is 5.32 Å².